The average molecular weight is 362 g/mol. The maximum absolute atomic E-state index is 12.7. The monoisotopic (exact) mass is 361 g/mol. The van der Waals surface area contributed by atoms with Crippen molar-refractivity contribution in [1.29, 1.82) is 0 Å². The van der Waals surface area contributed by atoms with Crippen LogP contribution in [0.25, 0.3) is 0 Å². The molecule has 0 spiro atoms. The van der Waals surface area contributed by atoms with Crippen molar-refractivity contribution in [3.63, 3.8) is 0 Å². The highest BCUT2D eigenvalue weighted by Crippen LogP contribution is 2.28. The van der Waals surface area contributed by atoms with Gasteiger partial charge in [-0.15, -0.1) is 0 Å². The van der Waals surface area contributed by atoms with Gasteiger partial charge in [0, 0.05) is 10.7 Å². The molecule has 0 unspecified atom stereocenters. The molecule has 0 aromatic heterocycles. The number of carbonyl (C=O) groups excluding carboxylic acids is 1. The molecule has 132 valence electrons. The molecule has 0 fully saturated rings. The molecular weight excluding hydrogens is 342 g/mol. The Bertz CT molecular complexity index is 785. The lowest BCUT2D eigenvalue weighted by Gasteiger charge is -2.25. The molecule has 0 heterocycles. The lowest BCUT2D eigenvalue weighted by Crippen LogP contribution is -2.34. The number of hydrogen-bond donors (Lipinski definition) is 2. The quantitative estimate of drug-likeness (QED) is 0.814. The summed E-state index contributed by atoms with van der Waals surface area (Å²) in [7, 11) is 0. The largest absolute Gasteiger partial charge is 0.482 e. The minimum absolute atomic E-state index is 0.155. The van der Waals surface area contributed by atoms with Crippen molar-refractivity contribution in [1.82, 2.24) is 0 Å². The van der Waals surface area contributed by atoms with E-state index in [1.54, 1.807) is 30.3 Å². The van der Waals surface area contributed by atoms with Crippen molar-refractivity contribution in [2.75, 3.05) is 11.9 Å². The predicted molar refractivity (Wildman–Crippen MR) is 97.4 cm³/mol. The molecule has 6 heteroatoms. The predicted octanol–water partition coefficient (Wildman–Crippen LogP) is 4.03. The number of carboxylic acid groups (broad SMARTS) is 1. The average Bonchev–Trinajstić information content (AvgIpc) is 2.55. The van der Waals surface area contributed by atoms with Crippen LogP contribution in [0.5, 0.6) is 5.75 Å². The summed E-state index contributed by atoms with van der Waals surface area (Å²) in [5, 5.41) is 12.2. The first-order chi connectivity index (χ1) is 11.7. The maximum Gasteiger partial charge on any atom is 0.341 e. The molecule has 0 radical (unpaired) electrons. The van der Waals surface area contributed by atoms with Crippen molar-refractivity contribution >= 4 is 29.2 Å². The van der Waals surface area contributed by atoms with E-state index >= 15 is 0 Å². The summed E-state index contributed by atoms with van der Waals surface area (Å²) in [6, 6.07) is 12.2. The molecule has 0 saturated heterocycles. The molecule has 2 aromatic rings. The molecular formula is C19H20ClNO4. The van der Waals surface area contributed by atoms with Gasteiger partial charge >= 0.3 is 5.97 Å². The third-order valence-corrected chi connectivity index (χ3v) is 4.19. The van der Waals surface area contributed by atoms with E-state index in [-0.39, 0.29) is 5.91 Å². The second-order valence-corrected chi connectivity index (χ2v) is 6.68. The van der Waals surface area contributed by atoms with E-state index in [1.165, 1.54) is 0 Å². The second kappa shape index (κ2) is 7.57. The minimum atomic E-state index is -1.04. The Morgan fingerprint density at radius 1 is 1.16 bits per heavy atom. The number of carboxylic acids is 1. The topological polar surface area (TPSA) is 75.6 Å². The van der Waals surface area contributed by atoms with Crippen LogP contribution in [0.15, 0.2) is 42.5 Å². The lowest BCUT2D eigenvalue weighted by atomic mass is 9.83. The molecule has 5 nitrogen and oxygen atoms in total. The van der Waals surface area contributed by atoms with Gasteiger partial charge in [-0.25, -0.2) is 4.79 Å². The number of nitrogens with one attached hydrogen (secondary N) is 1. The number of aryl methyl sites for hydroxylation is 1. The van der Waals surface area contributed by atoms with Crippen LogP contribution in [0.1, 0.15) is 25.0 Å². The molecule has 0 atom stereocenters. The van der Waals surface area contributed by atoms with Crippen LogP contribution in [0.4, 0.5) is 5.69 Å². The first kappa shape index (κ1) is 18.8. The number of carbonyl (C=O) groups is 2. The molecule has 2 rings (SSSR count). The van der Waals surface area contributed by atoms with Gasteiger partial charge in [-0.1, -0.05) is 23.7 Å². The van der Waals surface area contributed by atoms with Gasteiger partial charge in [-0.2, -0.15) is 0 Å². The van der Waals surface area contributed by atoms with Gasteiger partial charge in [0.05, 0.1) is 5.41 Å². The van der Waals surface area contributed by atoms with Crippen LogP contribution in [-0.4, -0.2) is 23.6 Å². The van der Waals surface area contributed by atoms with Crippen LogP contribution in [0.3, 0.4) is 0 Å². The van der Waals surface area contributed by atoms with E-state index in [0.717, 1.165) is 11.1 Å². The molecule has 0 aliphatic rings. The van der Waals surface area contributed by atoms with Crippen molar-refractivity contribution in [2.24, 2.45) is 0 Å². The molecule has 0 aliphatic carbocycles. The highest BCUT2D eigenvalue weighted by Gasteiger charge is 2.30. The van der Waals surface area contributed by atoms with Crippen LogP contribution in [0, 0.1) is 6.92 Å². The van der Waals surface area contributed by atoms with Crippen molar-refractivity contribution in [2.45, 2.75) is 26.2 Å². The van der Waals surface area contributed by atoms with Crippen molar-refractivity contribution < 1.29 is 19.4 Å². The number of hydrogen-bond acceptors (Lipinski definition) is 3. The van der Waals surface area contributed by atoms with Crippen LogP contribution in [-0.2, 0) is 15.0 Å². The zero-order valence-electron chi connectivity index (χ0n) is 14.3. The fourth-order valence-corrected chi connectivity index (χ4v) is 2.41. The van der Waals surface area contributed by atoms with Crippen LogP contribution < -0.4 is 10.1 Å². The Labute approximate surface area is 151 Å². The summed E-state index contributed by atoms with van der Waals surface area (Å²) in [5.74, 6) is -0.758. The zero-order chi connectivity index (χ0) is 18.6. The van der Waals surface area contributed by atoms with E-state index in [4.69, 9.17) is 21.4 Å². The number of benzene rings is 2. The zero-order valence-corrected chi connectivity index (χ0v) is 15.1. The Kier molecular flexibility index (Phi) is 5.69. The SMILES string of the molecule is Cc1cc(OCC(=O)O)ccc1NC(=O)C(C)(C)c1ccc(Cl)cc1. The van der Waals surface area contributed by atoms with Gasteiger partial charge < -0.3 is 15.2 Å². The van der Waals surface area contributed by atoms with Gasteiger partial charge in [0.25, 0.3) is 0 Å². The van der Waals surface area contributed by atoms with E-state index in [1.807, 2.05) is 32.9 Å². The molecule has 1 amide bonds. The number of aliphatic carboxylic acids is 1. The van der Waals surface area contributed by atoms with E-state index in [2.05, 4.69) is 5.32 Å². The second-order valence-electron chi connectivity index (χ2n) is 6.25. The van der Waals surface area contributed by atoms with E-state index in [0.29, 0.717) is 16.5 Å². The number of anilines is 1. The maximum atomic E-state index is 12.7. The summed E-state index contributed by atoms with van der Waals surface area (Å²) in [4.78, 5) is 23.3. The number of rotatable bonds is 6. The molecule has 25 heavy (non-hydrogen) atoms. The summed E-state index contributed by atoms with van der Waals surface area (Å²) >= 11 is 5.90. The highest BCUT2D eigenvalue weighted by atomic mass is 35.5. The number of amides is 1. The highest BCUT2D eigenvalue weighted by molar-refractivity contribution is 6.30. The third kappa shape index (κ3) is 4.73. The Morgan fingerprint density at radius 3 is 2.36 bits per heavy atom. The molecule has 0 bridgehead atoms. The van der Waals surface area contributed by atoms with Gasteiger partial charge in [-0.05, 0) is 62.2 Å². The van der Waals surface area contributed by atoms with E-state index in [9.17, 15) is 9.59 Å². The molecule has 2 N–H and O–H groups in total. The summed E-state index contributed by atoms with van der Waals surface area (Å²) in [6.07, 6.45) is 0. The first-order valence-electron chi connectivity index (χ1n) is 7.73. The smallest absolute Gasteiger partial charge is 0.341 e. The van der Waals surface area contributed by atoms with Crippen molar-refractivity contribution in [3.05, 3.63) is 58.6 Å². The standard InChI is InChI=1S/C19H20ClNO4/c1-12-10-15(25-11-17(22)23)8-9-16(12)21-18(24)19(2,3)13-4-6-14(20)7-5-13/h4-10H,11H2,1-3H3,(H,21,24)(H,22,23). The van der Waals surface area contributed by atoms with Crippen molar-refractivity contribution in [3.8, 4) is 5.75 Å². The molecule has 0 aliphatic heterocycles. The third-order valence-electron chi connectivity index (χ3n) is 3.94. The first-order valence-corrected chi connectivity index (χ1v) is 8.10. The summed E-state index contributed by atoms with van der Waals surface area (Å²) in [5.41, 5.74) is 1.54. The van der Waals surface area contributed by atoms with Gasteiger partial charge in [-0.3, -0.25) is 4.79 Å². The van der Waals surface area contributed by atoms with Crippen LogP contribution >= 0.6 is 11.6 Å². The number of halogens is 1. The summed E-state index contributed by atoms with van der Waals surface area (Å²) in [6.45, 7) is 5.09. The lowest BCUT2D eigenvalue weighted by molar-refractivity contribution is -0.139. The Balaban J connectivity index is 2.14. The fraction of sp³-hybridized carbons (Fsp3) is 0.263. The molecule has 0 saturated carbocycles. The Morgan fingerprint density at radius 2 is 1.80 bits per heavy atom. The van der Waals surface area contributed by atoms with Gasteiger partial charge in [0.1, 0.15) is 5.75 Å². The normalized spacial score (nSPS) is 11.0. The van der Waals surface area contributed by atoms with Gasteiger partial charge in [0.15, 0.2) is 6.61 Å². The molecule has 2 aromatic carbocycles. The van der Waals surface area contributed by atoms with Crippen LogP contribution in [0.2, 0.25) is 5.02 Å². The number of ether oxygens (including phenoxy) is 1. The fourth-order valence-electron chi connectivity index (χ4n) is 2.29. The van der Waals surface area contributed by atoms with Gasteiger partial charge in [0.2, 0.25) is 5.91 Å². The minimum Gasteiger partial charge on any atom is -0.482 e. The Hall–Kier alpha value is -2.53. The summed E-state index contributed by atoms with van der Waals surface area (Å²) < 4.78 is 5.13. The van der Waals surface area contributed by atoms with E-state index < -0.39 is 18.0 Å².